The van der Waals surface area contributed by atoms with E-state index in [-0.39, 0.29) is 12.3 Å². The van der Waals surface area contributed by atoms with E-state index in [1.807, 2.05) is 39.0 Å². The largest absolute Gasteiger partial charge is 0.436 e. The lowest BCUT2D eigenvalue weighted by molar-refractivity contribution is -0.140. The summed E-state index contributed by atoms with van der Waals surface area (Å²) in [6.45, 7) is 6.74. The highest BCUT2D eigenvalue weighted by atomic mass is 35.5. The summed E-state index contributed by atoms with van der Waals surface area (Å²) in [6, 6.07) is 8.94. The van der Waals surface area contributed by atoms with Gasteiger partial charge in [0.1, 0.15) is 12.3 Å². The molecule has 0 radical (unpaired) electrons. The topological polar surface area (TPSA) is 140 Å². The third kappa shape index (κ3) is 7.18. The van der Waals surface area contributed by atoms with Gasteiger partial charge in [0.25, 0.3) is 5.91 Å². The Hall–Kier alpha value is -3.83. The minimum atomic E-state index is -1.00. The number of aromatic nitrogens is 2. The summed E-state index contributed by atoms with van der Waals surface area (Å²) in [4.78, 5) is 49.1. The molecule has 0 aliphatic carbocycles. The van der Waals surface area contributed by atoms with E-state index in [1.165, 1.54) is 0 Å². The molecular weight excluding hydrogens is 524 g/mol. The van der Waals surface area contributed by atoms with Gasteiger partial charge in [-0.15, -0.1) is 0 Å². The molecule has 208 valence electrons. The highest BCUT2D eigenvalue weighted by Gasteiger charge is 2.32. The highest BCUT2D eigenvalue weighted by Crippen LogP contribution is 2.32. The van der Waals surface area contributed by atoms with E-state index in [9.17, 15) is 14.4 Å². The summed E-state index contributed by atoms with van der Waals surface area (Å²) >= 11 is 6.01. The number of hydrogen-bond acceptors (Lipinski definition) is 7. The van der Waals surface area contributed by atoms with Gasteiger partial charge in [0, 0.05) is 55.6 Å². The van der Waals surface area contributed by atoms with Crippen LogP contribution in [0.1, 0.15) is 26.3 Å². The van der Waals surface area contributed by atoms with E-state index in [0.29, 0.717) is 42.5 Å². The first kappa shape index (κ1) is 28.2. The van der Waals surface area contributed by atoms with Crippen LogP contribution in [0.25, 0.3) is 11.0 Å². The van der Waals surface area contributed by atoms with Gasteiger partial charge in [-0.25, -0.2) is 9.78 Å². The fourth-order valence-corrected chi connectivity index (χ4v) is 4.57. The minimum Gasteiger partial charge on any atom is -0.436 e. The maximum Gasteiger partial charge on any atom is 0.408 e. The van der Waals surface area contributed by atoms with Crippen LogP contribution in [-0.4, -0.2) is 82.3 Å². The van der Waals surface area contributed by atoms with Crippen molar-refractivity contribution < 1.29 is 24.2 Å². The molecule has 11 nitrogen and oxygen atoms in total. The van der Waals surface area contributed by atoms with Crippen LogP contribution in [-0.2, 0) is 20.7 Å². The number of aliphatic hydroxyl groups is 1. The second kappa shape index (κ2) is 11.9. The Kier molecular flexibility index (Phi) is 8.61. The average molecular weight is 557 g/mol. The maximum atomic E-state index is 13.6. The molecule has 4 rings (SSSR count). The van der Waals surface area contributed by atoms with Crippen LogP contribution in [0.2, 0.25) is 5.02 Å². The van der Waals surface area contributed by atoms with Crippen molar-refractivity contribution in [2.24, 2.45) is 0 Å². The Morgan fingerprint density at radius 2 is 1.82 bits per heavy atom. The van der Waals surface area contributed by atoms with E-state index < -0.39 is 30.3 Å². The SMILES string of the molecule is CC(C)(C)NC(=O)O[C@H](Cc1ccc(Cl)cc1)C(=O)N1CCN(c2ccnc3[nH]cc(NC(=O)CO)c23)CC1. The van der Waals surface area contributed by atoms with E-state index in [2.05, 4.69) is 25.5 Å². The van der Waals surface area contributed by atoms with Crippen molar-refractivity contribution in [1.29, 1.82) is 0 Å². The second-order valence-corrected chi connectivity index (χ2v) is 10.8. The van der Waals surface area contributed by atoms with Crippen molar-refractivity contribution in [3.05, 3.63) is 53.3 Å². The van der Waals surface area contributed by atoms with Crippen LogP contribution in [0.15, 0.2) is 42.7 Å². The third-order valence-corrected chi connectivity index (χ3v) is 6.49. The molecule has 3 heterocycles. The molecule has 3 aromatic rings. The maximum absolute atomic E-state index is 13.6. The number of amides is 3. The van der Waals surface area contributed by atoms with Gasteiger partial charge in [-0.05, 0) is 44.5 Å². The van der Waals surface area contributed by atoms with E-state index >= 15 is 0 Å². The van der Waals surface area contributed by atoms with Crippen LogP contribution >= 0.6 is 11.6 Å². The van der Waals surface area contributed by atoms with Gasteiger partial charge < -0.3 is 35.3 Å². The van der Waals surface area contributed by atoms with Crippen LogP contribution in [0.5, 0.6) is 0 Å². The third-order valence-electron chi connectivity index (χ3n) is 6.24. The summed E-state index contributed by atoms with van der Waals surface area (Å²) in [5, 5.41) is 15.9. The average Bonchev–Trinajstić information content (AvgIpc) is 3.31. The van der Waals surface area contributed by atoms with Gasteiger partial charge in [0.15, 0.2) is 6.10 Å². The van der Waals surface area contributed by atoms with Crippen molar-refractivity contribution in [3.8, 4) is 0 Å². The molecule has 1 atom stereocenters. The van der Waals surface area contributed by atoms with Crippen molar-refractivity contribution in [2.75, 3.05) is 43.0 Å². The number of H-pyrrole nitrogens is 1. The normalized spacial score (nSPS) is 14.7. The van der Waals surface area contributed by atoms with E-state index in [1.54, 1.807) is 29.4 Å². The van der Waals surface area contributed by atoms with Gasteiger partial charge in [-0.2, -0.15) is 0 Å². The van der Waals surface area contributed by atoms with Gasteiger partial charge in [0.2, 0.25) is 5.91 Å². The molecule has 1 saturated heterocycles. The van der Waals surface area contributed by atoms with Crippen molar-refractivity contribution >= 4 is 51.9 Å². The number of piperazine rings is 1. The molecular formula is C27H33ClN6O5. The summed E-state index contributed by atoms with van der Waals surface area (Å²) in [7, 11) is 0. The lowest BCUT2D eigenvalue weighted by Gasteiger charge is -2.37. The fraction of sp³-hybridized carbons (Fsp3) is 0.407. The van der Waals surface area contributed by atoms with E-state index in [4.69, 9.17) is 21.4 Å². The van der Waals surface area contributed by atoms with Crippen LogP contribution in [0.3, 0.4) is 0 Å². The predicted molar refractivity (Wildman–Crippen MR) is 149 cm³/mol. The van der Waals surface area contributed by atoms with Gasteiger partial charge in [-0.3, -0.25) is 9.59 Å². The minimum absolute atomic E-state index is 0.218. The number of fused-ring (bicyclic) bond motifs is 1. The lowest BCUT2D eigenvalue weighted by atomic mass is 10.1. The van der Waals surface area contributed by atoms with E-state index in [0.717, 1.165) is 16.6 Å². The van der Waals surface area contributed by atoms with Gasteiger partial charge in [0.05, 0.1) is 16.8 Å². The number of ether oxygens (including phenoxy) is 1. The summed E-state index contributed by atoms with van der Waals surface area (Å²) in [6.07, 6.45) is 1.87. The monoisotopic (exact) mass is 556 g/mol. The number of halogens is 1. The molecule has 12 heteroatoms. The zero-order valence-electron chi connectivity index (χ0n) is 22.2. The molecule has 1 aliphatic rings. The van der Waals surface area contributed by atoms with Crippen LogP contribution in [0.4, 0.5) is 16.2 Å². The molecule has 0 bridgehead atoms. The number of carbonyl (C=O) groups excluding carboxylic acids is 3. The number of pyridine rings is 1. The Balaban J connectivity index is 1.48. The number of rotatable bonds is 7. The Bertz CT molecular complexity index is 1330. The predicted octanol–water partition coefficient (Wildman–Crippen LogP) is 2.93. The first-order valence-corrected chi connectivity index (χ1v) is 13.1. The van der Waals surface area contributed by atoms with Crippen LogP contribution in [0, 0.1) is 0 Å². The number of hydrogen-bond donors (Lipinski definition) is 4. The lowest BCUT2D eigenvalue weighted by Crippen LogP contribution is -2.53. The number of aromatic amines is 1. The molecule has 0 saturated carbocycles. The molecule has 3 amide bonds. The number of anilines is 2. The summed E-state index contributed by atoms with van der Waals surface area (Å²) in [5.74, 6) is -0.797. The first-order chi connectivity index (χ1) is 18.5. The number of carbonyl (C=O) groups is 3. The zero-order valence-corrected chi connectivity index (χ0v) is 22.9. The Morgan fingerprint density at radius 1 is 1.13 bits per heavy atom. The second-order valence-electron chi connectivity index (χ2n) is 10.4. The highest BCUT2D eigenvalue weighted by molar-refractivity contribution is 6.30. The number of nitrogens with zero attached hydrogens (tertiary/aromatic N) is 3. The smallest absolute Gasteiger partial charge is 0.408 e. The Morgan fingerprint density at radius 3 is 2.46 bits per heavy atom. The molecule has 4 N–H and O–H groups in total. The van der Waals surface area contributed by atoms with Crippen molar-refractivity contribution in [1.82, 2.24) is 20.2 Å². The first-order valence-electron chi connectivity index (χ1n) is 12.7. The molecule has 1 aromatic carbocycles. The summed E-state index contributed by atoms with van der Waals surface area (Å²) in [5.41, 5.74) is 2.27. The number of aliphatic hydroxyl groups excluding tert-OH is 1. The van der Waals surface area contributed by atoms with Crippen LogP contribution < -0.4 is 15.5 Å². The molecule has 1 aliphatic heterocycles. The molecule has 0 spiro atoms. The quantitative estimate of drug-likeness (QED) is 0.351. The number of alkyl carbamates (subject to hydrolysis) is 1. The standard InChI is InChI=1S/C27H33ClN6O5/c1-27(2,3)32-26(38)39-21(14-17-4-6-18(28)7-5-17)25(37)34-12-10-33(11-13-34)20-8-9-29-24-23(20)19(15-30-24)31-22(36)16-35/h4-9,15,21,35H,10-14,16H2,1-3H3,(H,29,30)(H,31,36)(H,32,38)/t21-/m1/s1. The fourth-order valence-electron chi connectivity index (χ4n) is 4.44. The van der Waals surface area contributed by atoms with Gasteiger partial charge >= 0.3 is 6.09 Å². The summed E-state index contributed by atoms with van der Waals surface area (Å²) < 4.78 is 5.64. The van der Waals surface area contributed by atoms with Crippen molar-refractivity contribution in [3.63, 3.8) is 0 Å². The number of benzene rings is 1. The molecule has 1 fully saturated rings. The Labute approximate surface area is 231 Å². The van der Waals surface area contributed by atoms with Crippen molar-refractivity contribution in [2.45, 2.75) is 38.8 Å². The molecule has 39 heavy (non-hydrogen) atoms. The zero-order chi connectivity index (χ0) is 28.2. The molecule has 2 aromatic heterocycles. The van der Waals surface area contributed by atoms with Gasteiger partial charge in [-0.1, -0.05) is 23.7 Å². The number of nitrogens with one attached hydrogen (secondary N) is 3. The molecule has 0 unspecified atom stereocenters.